The first-order chi connectivity index (χ1) is 15.9. The number of nitrogens with zero attached hydrogens (tertiary/aromatic N) is 2. The van der Waals surface area contributed by atoms with E-state index in [2.05, 4.69) is 10.3 Å². The Balaban J connectivity index is 1.90. The Morgan fingerprint density at radius 2 is 1.91 bits per heavy atom. The lowest BCUT2D eigenvalue weighted by Gasteiger charge is -2.32. The van der Waals surface area contributed by atoms with Crippen LogP contribution in [-0.4, -0.2) is 30.7 Å². The Morgan fingerprint density at radius 1 is 1.15 bits per heavy atom. The molecule has 0 spiro atoms. The Hall–Kier alpha value is -3.43. The van der Waals surface area contributed by atoms with Gasteiger partial charge in [-0.2, -0.15) is 5.26 Å². The fourth-order valence-corrected chi connectivity index (χ4v) is 4.24. The maximum absolute atomic E-state index is 13.3. The molecule has 0 radical (unpaired) electrons. The van der Waals surface area contributed by atoms with Crippen LogP contribution in [0.5, 0.6) is 0 Å². The lowest BCUT2D eigenvalue weighted by atomic mass is 9.75. The highest BCUT2D eigenvalue weighted by molar-refractivity contribution is 6.30. The van der Waals surface area contributed by atoms with Crippen molar-refractivity contribution in [3.05, 3.63) is 82.0 Å². The number of rotatable bonds is 8. The van der Waals surface area contributed by atoms with Crippen molar-refractivity contribution in [2.75, 3.05) is 13.2 Å². The molecule has 33 heavy (non-hydrogen) atoms. The summed E-state index contributed by atoms with van der Waals surface area (Å²) in [5.41, 5.74) is 3.37. The molecule has 2 unspecified atom stereocenters. The maximum Gasteiger partial charge on any atom is 0.315 e. The molecular weight excluding hydrogens is 438 g/mol. The van der Waals surface area contributed by atoms with Crippen LogP contribution >= 0.6 is 11.6 Å². The number of carbonyl (C=O) groups excluding carboxylic acids is 2. The maximum atomic E-state index is 13.3. The fourth-order valence-electron chi connectivity index (χ4n) is 4.05. The smallest absolute Gasteiger partial charge is 0.315 e. The number of carbonyl (C=O) groups is 2. The van der Waals surface area contributed by atoms with Crippen LogP contribution in [0.15, 0.2) is 70.9 Å². The number of amides is 1. The fraction of sp³-hybridized carbons (Fsp3) is 0.308. The number of ether oxygens (including phenoxy) is 1. The minimum atomic E-state index is -0.791. The molecule has 2 aromatic rings. The van der Waals surface area contributed by atoms with Crippen molar-refractivity contribution >= 4 is 29.2 Å². The average Bonchev–Trinajstić information content (AvgIpc) is 2.79. The second kappa shape index (κ2) is 11.4. The van der Waals surface area contributed by atoms with E-state index in [0.29, 0.717) is 35.0 Å². The minimum Gasteiger partial charge on any atom is -0.464 e. The van der Waals surface area contributed by atoms with E-state index < -0.39 is 17.8 Å². The molecule has 1 N–H and O–H groups in total. The zero-order chi connectivity index (χ0) is 23.8. The van der Waals surface area contributed by atoms with Gasteiger partial charge < -0.3 is 10.1 Å². The molecule has 0 aliphatic carbocycles. The molecule has 0 aromatic heterocycles. The van der Waals surface area contributed by atoms with Gasteiger partial charge in [-0.25, -0.2) is 0 Å². The molecule has 0 saturated carbocycles. The van der Waals surface area contributed by atoms with Gasteiger partial charge in [-0.1, -0.05) is 54.1 Å². The quantitative estimate of drug-likeness (QED) is 0.457. The van der Waals surface area contributed by atoms with E-state index in [1.807, 2.05) is 42.5 Å². The molecule has 1 amide bonds. The zero-order valence-electron chi connectivity index (χ0n) is 18.7. The molecule has 2 atom stereocenters. The van der Waals surface area contributed by atoms with Gasteiger partial charge >= 0.3 is 5.97 Å². The first-order valence-electron chi connectivity index (χ1n) is 10.8. The summed E-state index contributed by atoms with van der Waals surface area (Å²) >= 11 is 6.25. The van der Waals surface area contributed by atoms with Crippen LogP contribution in [0.4, 0.5) is 0 Å². The van der Waals surface area contributed by atoms with Crippen LogP contribution in [-0.2, 0) is 20.7 Å². The molecule has 0 fully saturated rings. The Labute approximate surface area is 198 Å². The average molecular weight is 464 g/mol. The summed E-state index contributed by atoms with van der Waals surface area (Å²) in [6.07, 6.45) is 0.779. The summed E-state index contributed by atoms with van der Waals surface area (Å²) in [4.78, 5) is 30.9. The number of esters is 1. The van der Waals surface area contributed by atoms with E-state index in [1.165, 1.54) is 0 Å². The molecule has 1 aliphatic heterocycles. The number of hydrogen-bond donors (Lipinski definition) is 1. The van der Waals surface area contributed by atoms with E-state index in [1.54, 1.807) is 32.0 Å². The van der Waals surface area contributed by atoms with Crippen molar-refractivity contribution in [1.29, 1.82) is 5.26 Å². The van der Waals surface area contributed by atoms with Gasteiger partial charge in [0.2, 0.25) is 5.91 Å². The molecule has 1 aliphatic rings. The molecule has 0 bridgehead atoms. The molecular formula is C26H26ClN3O3. The molecule has 1 heterocycles. The van der Waals surface area contributed by atoms with Crippen LogP contribution < -0.4 is 5.32 Å². The Morgan fingerprint density at radius 3 is 2.61 bits per heavy atom. The SMILES string of the molecule is CC1=NC(C)=C(C(=O)NCCc2ccccc2)C(c2cccc(Cl)c2)C1C(=O)OCCC#N. The first kappa shape index (κ1) is 24.2. The van der Waals surface area contributed by atoms with Crippen LogP contribution in [0.25, 0.3) is 0 Å². The van der Waals surface area contributed by atoms with Crippen LogP contribution in [0.3, 0.4) is 0 Å². The van der Waals surface area contributed by atoms with Crippen LogP contribution in [0.1, 0.15) is 37.3 Å². The van der Waals surface area contributed by atoms with E-state index in [4.69, 9.17) is 21.6 Å². The van der Waals surface area contributed by atoms with E-state index in [0.717, 1.165) is 11.1 Å². The second-order valence-electron chi connectivity index (χ2n) is 7.83. The second-order valence-corrected chi connectivity index (χ2v) is 8.27. The van der Waals surface area contributed by atoms with Gasteiger partial charge in [0.1, 0.15) is 12.5 Å². The normalized spacial score (nSPS) is 17.7. The molecule has 7 heteroatoms. The van der Waals surface area contributed by atoms with Crippen molar-refractivity contribution in [3.63, 3.8) is 0 Å². The number of halogens is 1. The van der Waals surface area contributed by atoms with Gasteiger partial charge in [-0.3, -0.25) is 14.6 Å². The third-order valence-corrected chi connectivity index (χ3v) is 5.77. The highest BCUT2D eigenvalue weighted by Gasteiger charge is 2.41. The molecule has 3 rings (SSSR count). The molecule has 6 nitrogen and oxygen atoms in total. The highest BCUT2D eigenvalue weighted by Crippen LogP contribution is 2.40. The summed E-state index contributed by atoms with van der Waals surface area (Å²) in [6.45, 7) is 3.95. The number of hydrogen-bond acceptors (Lipinski definition) is 5. The van der Waals surface area contributed by atoms with E-state index in [9.17, 15) is 9.59 Å². The Kier molecular flexibility index (Phi) is 8.39. The van der Waals surface area contributed by atoms with Gasteiger partial charge in [0.05, 0.1) is 12.5 Å². The third-order valence-electron chi connectivity index (χ3n) is 5.53. The number of benzene rings is 2. The standard InChI is InChI=1S/C26H26ClN3O3/c1-17-22(25(31)29-14-12-19-8-4-3-5-9-19)24(20-10-6-11-21(27)16-20)23(18(2)30-17)26(32)33-15-7-13-28/h3-6,8-11,16,23-24H,7,12,14-15H2,1-2H3,(H,29,31). The number of aliphatic imine (C=N–C) groups is 1. The first-order valence-corrected chi connectivity index (χ1v) is 11.2. The van der Waals surface area contributed by atoms with Crippen LogP contribution in [0.2, 0.25) is 5.02 Å². The van der Waals surface area contributed by atoms with Gasteiger partial charge in [-0.15, -0.1) is 0 Å². The summed E-state index contributed by atoms with van der Waals surface area (Å²) in [5, 5.41) is 12.3. The minimum absolute atomic E-state index is 0.0112. The van der Waals surface area contributed by atoms with Crippen molar-refractivity contribution in [2.45, 2.75) is 32.6 Å². The van der Waals surface area contributed by atoms with E-state index in [-0.39, 0.29) is 18.9 Å². The van der Waals surface area contributed by atoms with Crippen molar-refractivity contribution in [3.8, 4) is 6.07 Å². The highest BCUT2D eigenvalue weighted by atomic mass is 35.5. The van der Waals surface area contributed by atoms with Gasteiger partial charge in [-0.05, 0) is 43.5 Å². The van der Waals surface area contributed by atoms with Gasteiger partial charge in [0.25, 0.3) is 0 Å². The summed E-state index contributed by atoms with van der Waals surface area (Å²) in [6, 6.07) is 19.0. The monoisotopic (exact) mass is 463 g/mol. The lowest BCUT2D eigenvalue weighted by Crippen LogP contribution is -2.39. The molecule has 170 valence electrons. The molecule has 0 saturated heterocycles. The predicted molar refractivity (Wildman–Crippen MR) is 128 cm³/mol. The summed E-state index contributed by atoms with van der Waals surface area (Å²) < 4.78 is 5.35. The van der Waals surface area contributed by atoms with Gasteiger partial charge in [0.15, 0.2) is 0 Å². The summed E-state index contributed by atoms with van der Waals surface area (Å²) in [7, 11) is 0. The van der Waals surface area contributed by atoms with Crippen molar-refractivity contribution in [1.82, 2.24) is 5.32 Å². The predicted octanol–water partition coefficient (Wildman–Crippen LogP) is 4.60. The third kappa shape index (κ3) is 6.09. The Bertz CT molecular complexity index is 1120. The number of allylic oxidation sites excluding steroid dienone is 1. The summed E-state index contributed by atoms with van der Waals surface area (Å²) in [5.74, 6) is -2.19. The lowest BCUT2D eigenvalue weighted by molar-refractivity contribution is -0.146. The van der Waals surface area contributed by atoms with Crippen molar-refractivity contribution in [2.24, 2.45) is 10.9 Å². The molecule has 2 aromatic carbocycles. The number of nitrogens with one attached hydrogen (secondary N) is 1. The topological polar surface area (TPSA) is 91.6 Å². The van der Waals surface area contributed by atoms with E-state index >= 15 is 0 Å². The van der Waals surface area contributed by atoms with Crippen molar-refractivity contribution < 1.29 is 14.3 Å². The number of nitriles is 1. The largest absolute Gasteiger partial charge is 0.464 e. The zero-order valence-corrected chi connectivity index (χ0v) is 19.4. The van der Waals surface area contributed by atoms with Gasteiger partial charge in [0, 0.05) is 34.5 Å². The van der Waals surface area contributed by atoms with Crippen LogP contribution in [0, 0.1) is 17.2 Å².